The van der Waals surface area contributed by atoms with Gasteiger partial charge in [-0.1, -0.05) is 24.3 Å². The Labute approximate surface area is 121 Å². The van der Waals surface area contributed by atoms with Gasteiger partial charge in [0.05, 0.1) is 24.5 Å². The third-order valence-corrected chi connectivity index (χ3v) is 3.65. The van der Waals surface area contributed by atoms with Gasteiger partial charge in [0.2, 0.25) is 5.91 Å². The van der Waals surface area contributed by atoms with Gasteiger partial charge in [-0.05, 0) is 18.1 Å². The Morgan fingerprint density at radius 2 is 1.90 bits per heavy atom. The van der Waals surface area contributed by atoms with E-state index in [0.29, 0.717) is 17.9 Å². The second kappa shape index (κ2) is 5.16. The van der Waals surface area contributed by atoms with E-state index < -0.39 is 11.6 Å². The third kappa shape index (κ3) is 2.46. The first-order valence-electron chi connectivity index (χ1n) is 6.64. The molecule has 0 spiro atoms. The first kappa shape index (κ1) is 13.5. The molecular weight excluding hydrogens is 274 g/mol. The topological polar surface area (TPSA) is 32.3 Å². The van der Waals surface area contributed by atoms with Gasteiger partial charge >= 0.3 is 0 Å². The van der Waals surface area contributed by atoms with Crippen molar-refractivity contribution < 1.29 is 13.6 Å². The van der Waals surface area contributed by atoms with Crippen LogP contribution in [0.2, 0.25) is 0 Å². The van der Waals surface area contributed by atoms with Gasteiger partial charge in [0.25, 0.3) is 0 Å². The van der Waals surface area contributed by atoms with E-state index in [1.807, 2.05) is 31.2 Å². The van der Waals surface area contributed by atoms with Crippen molar-refractivity contribution in [2.45, 2.75) is 13.5 Å². The lowest BCUT2D eigenvalue weighted by molar-refractivity contribution is -0.117. The van der Waals surface area contributed by atoms with Crippen molar-refractivity contribution in [3.8, 4) is 0 Å². The molecule has 0 atom stereocenters. The monoisotopic (exact) mass is 288 g/mol. The van der Waals surface area contributed by atoms with Crippen LogP contribution in [0.15, 0.2) is 36.4 Å². The fraction of sp³-hybridized carbons (Fsp3) is 0.188. The molecule has 2 aromatic rings. The number of fused-ring (bicyclic) bond motifs is 1. The second-order valence-corrected chi connectivity index (χ2v) is 5.04. The number of anilines is 2. The third-order valence-electron chi connectivity index (χ3n) is 3.65. The Kier molecular flexibility index (Phi) is 3.33. The predicted octanol–water partition coefficient (Wildman–Crippen LogP) is 3.23. The van der Waals surface area contributed by atoms with Gasteiger partial charge in [-0.2, -0.15) is 0 Å². The molecule has 1 amide bonds. The zero-order valence-corrected chi connectivity index (χ0v) is 11.5. The maximum atomic E-state index is 13.5. The van der Waals surface area contributed by atoms with Crippen LogP contribution < -0.4 is 10.2 Å². The first-order valence-corrected chi connectivity index (χ1v) is 6.64. The molecule has 3 nitrogen and oxygen atoms in total. The summed E-state index contributed by atoms with van der Waals surface area (Å²) in [5, 5.41) is 2.81. The van der Waals surface area contributed by atoms with Crippen LogP contribution in [0.1, 0.15) is 11.1 Å². The van der Waals surface area contributed by atoms with E-state index >= 15 is 0 Å². The Morgan fingerprint density at radius 3 is 2.67 bits per heavy atom. The summed E-state index contributed by atoms with van der Waals surface area (Å²) in [6.07, 6.45) is 0. The van der Waals surface area contributed by atoms with Gasteiger partial charge in [-0.25, -0.2) is 8.78 Å². The summed E-state index contributed by atoms with van der Waals surface area (Å²) in [5.41, 5.74) is 2.83. The van der Waals surface area contributed by atoms with Gasteiger partial charge in [0, 0.05) is 12.1 Å². The molecule has 1 N–H and O–H groups in total. The van der Waals surface area contributed by atoms with Crippen LogP contribution in [0.3, 0.4) is 0 Å². The van der Waals surface area contributed by atoms with Crippen LogP contribution in [0.25, 0.3) is 0 Å². The van der Waals surface area contributed by atoms with Crippen molar-refractivity contribution in [2.24, 2.45) is 0 Å². The second-order valence-electron chi connectivity index (χ2n) is 5.04. The molecule has 0 aromatic heterocycles. The molecule has 0 aliphatic carbocycles. The number of rotatable bonds is 2. The average Bonchev–Trinajstić information content (AvgIpc) is 2.46. The van der Waals surface area contributed by atoms with Crippen molar-refractivity contribution >= 4 is 17.3 Å². The molecule has 1 aliphatic rings. The summed E-state index contributed by atoms with van der Waals surface area (Å²) in [4.78, 5) is 13.6. The Morgan fingerprint density at radius 1 is 1.19 bits per heavy atom. The largest absolute Gasteiger partial charge is 0.374 e. The van der Waals surface area contributed by atoms with E-state index in [-0.39, 0.29) is 12.5 Å². The fourth-order valence-electron chi connectivity index (χ4n) is 2.43. The lowest BCUT2D eigenvalue weighted by Gasteiger charge is -2.30. The van der Waals surface area contributed by atoms with E-state index in [4.69, 9.17) is 0 Å². The average molecular weight is 288 g/mol. The number of nitrogens with zero attached hydrogens (tertiary/aromatic N) is 1. The Balaban J connectivity index is 2.01. The van der Waals surface area contributed by atoms with Gasteiger partial charge in [-0.15, -0.1) is 0 Å². The molecule has 0 bridgehead atoms. The van der Waals surface area contributed by atoms with Crippen LogP contribution in [0.4, 0.5) is 20.2 Å². The molecule has 0 saturated carbocycles. The molecule has 2 aromatic carbocycles. The van der Waals surface area contributed by atoms with Crippen molar-refractivity contribution in [3.63, 3.8) is 0 Å². The highest BCUT2D eigenvalue weighted by Gasteiger charge is 2.26. The molecule has 0 fully saturated rings. The maximum absolute atomic E-state index is 13.5. The van der Waals surface area contributed by atoms with Crippen LogP contribution in [-0.4, -0.2) is 12.5 Å². The standard InChI is InChI=1S/C16H14F2N2O/c1-10-4-2-3-5-11(10)9-20-15-7-13(18)12(17)6-14(15)19-8-16(20)21/h2-7,19H,8-9H2,1H3. The summed E-state index contributed by atoms with van der Waals surface area (Å²) in [5.74, 6) is -2.05. The first-order chi connectivity index (χ1) is 10.1. The minimum Gasteiger partial charge on any atom is -0.374 e. The zero-order valence-electron chi connectivity index (χ0n) is 11.5. The number of aryl methyl sites for hydroxylation is 1. The number of benzene rings is 2. The number of carbonyl (C=O) groups is 1. The quantitative estimate of drug-likeness (QED) is 0.920. The van der Waals surface area contributed by atoms with Crippen molar-refractivity contribution in [3.05, 3.63) is 59.2 Å². The van der Waals surface area contributed by atoms with Crippen LogP contribution in [0.5, 0.6) is 0 Å². The summed E-state index contributed by atoms with van der Waals surface area (Å²) < 4.78 is 26.8. The zero-order chi connectivity index (χ0) is 15.0. The lowest BCUT2D eigenvalue weighted by Crippen LogP contribution is -2.39. The molecule has 5 heteroatoms. The highest BCUT2D eigenvalue weighted by molar-refractivity contribution is 6.02. The molecule has 3 rings (SSSR count). The van der Waals surface area contributed by atoms with E-state index in [1.165, 1.54) is 4.90 Å². The molecule has 108 valence electrons. The van der Waals surface area contributed by atoms with E-state index in [9.17, 15) is 13.6 Å². The summed E-state index contributed by atoms with van der Waals surface area (Å²) in [6, 6.07) is 9.83. The minimum absolute atomic E-state index is 0.0734. The molecule has 0 unspecified atom stereocenters. The van der Waals surface area contributed by atoms with Crippen LogP contribution >= 0.6 is 0 Å². The number of amides is 1. The predicted molar refractivity (Wildman–Crippen MR) is 77.2 cm³/mol. The molecule has 1 aliphatic heterocycles. The number of carbonyl (C=O) groups excluding carboxylic acids is 1. The number of nitrogens with one attached hydrogen (secondary N) is 1. The summed E-state index contributed by atoms with van der Waals surface area (Å²) in [7, 11) is 0. The molecule has 0 radical (unpaired) electrons. The van der Waals surface area contributed by atoms with Gasteiger partial charge in [0.1, 0.15) is 0 Å². The summed E-state index contributed by atoms with van der Waals surface area (Å²) >= 11 is 0. The molecule has 21 heavy (non-hydrogen) atoms. The van der Waals surface area contributed by atoms with Crippen LogP contribution in [-0.2, 0) is 11.3 Å². The van der Waals surface area contributed by atoms with Gasteiger partial charge < -0.3 is 10.2 Å². The van der Waals surface area contributed by atoms with Gasteiger partial charge in [-0.3, -0.25) is 4.79 Å². The number of halogens is 2. The van der Waals surface area contributed by atoms with E-state index in [1.54, 1.807) is 0 Å². The van der Waals surface area contributed by atoms with E-state index in [2.05, 4.69) is 5.32 Å². The van der Waals surface area contributed by atoms with Crippen molar-refractivity contribution in [1.29, 1.82) is 0 Å². The van der Waals surface area contributed by atoms with Crippen molar-refractivity contribution in [2.75, 3.05) is 16.8 Å². The van der Waals surface area contributed by atoms with Gasteiger partial charge in [0.15, 0.2) is 11.6 Å². The normalized spacial score (nSPS) is 13.9. The Bertz CT molecular complexity index is 715. The Hall–Kier alpha value is -2.43. The molecule has 0 saturated heterocycles. The van der Waals surface area contributed by atoms with E-state index in [0.717, 1.165) is 23.3 Å². The minimum atomic E-state index is -0.958. The van der Waals surface area contributed by atoms with Crippen molar-refractivity contribution in [1.82, 2.24) is 0 Å². The SMILES string of the molecule is Cc1ccccc1CN1C(=O)CNc2cc(F)c(F)cc21. The highest BCUT2D eigenvalue weighted by atomic mass is 19.2. The summed E-state index contributed by atoms with van der Waals surface area (Å²) in [6.45, 7) is 2.36. The number of hydrogen-bond donors (Lipinski definition) is 1. The lowest BCUT2D eigenvalue weighted by atomic mass is 10.1. The fourth-order valence-corrected chi connectivity index (χ4v) is 2.43. The van der Waals surface area contributed by atoms with Crippen LogP contribution in [0, 0.1) is 18.6 Å². The maximum Gasteiger partial charge on any atom is 0.246 e. The molecular formula is C16H14F2N2O. The smallest absolute Gasteiger partial charge is 0.246 e. The highest BCUT2D eigenvalue weighted by Crippen LogP contribution is 2.33. The molecule has 1 heterocycles. The number of hydrogen-bond acceptors (Lipinski definition) is 2.